The number of benzene rings is 7. The standard InChI is InChI=1S/C48H30N4O/c1-5-15-43-38(11-1)39-12-2-6-16-44(39)51(43)36-26-35(27-37(29-36)52-45-17-7-3-13-40(45)41-14-4-8-18-46(41)52)33-23-24-42-47(28-33)53-48(50-42)32-21-19-31(20-22-32)34-10-9-25-49-30-34/h1-30H. The number of hydrogen-bond donors (Lipinski definition) is 0. The van der Waals surface area contributed by atoms with Crippen LogP contribution in [0.1, 0.15) is 0 Å². The van der Waals surface area contributed by atoms with Crippen LogP contribution in [0, 0.1) is 0 Å². The molecule has 11 rings (SSSR count). The number of rotatable bonds is 5. The lowest BCUT2D eigenvalue weighted by molar-refractivity contribution is 0.620. The molecule has 4 heterocycles. The van der Waals surface area contributed by atoms with Gasteiger partial charge in [0.25, 0.3) is 0 Å². The number of fused-ring (bicyclic) bond motifs is 7. The first kappa shape index (κ1) is 29.5. The first-order valence-electron chi connectivity index (χ1n) is 17.8. The van der Waals surface area contributed by atoms with Crippen LogP contribution in [0.3, 0.4) is 0 Å². The fourth-order valence-electron chi connectivity index (χ4n) is 7.99. The normalized spacial score (nSPS) is 11.8. The minimum atomic E-state index is 0.597. The van der Waals surface area contributed by atoms with Crippen LogP contribution < -0.4 is 0 Å². The van der Waals surface area contributed by atoms with Gasteiger partial charge in [0.2, 0.25) is 5.89 Å². The predicted molar refractivity (Wildman–Crippen MR) is 217 cm³/mol. The van der Waals surface area contributed by atoms with Crippen LogP contribution in [-0.2, 0) is 0 Å². The van der Waals surface area contributed by atoms with Crippen molar-refractivity contribution in [3.05, 3.63) is 182 Å². The number of nitrogens with zero attached hydrogens (tertiary/aromatic N) is 4. The summed E-state index contributed by atoms with van der Waals surface area (Å²) in [6, 6.07) is 60.3. The molecule has 0 bridgehead atoms. The summed E-state index contributed by atoms with van der Waals surface area (Å²) in [7, 11) is 0. The van der Waals surface area contributed by atoms with E-state index in [9.17, 15) is 0 Å². The molecule has 0 radical (unpaired) electrons. The summed E-state index contributed by atoms with van der Waals surface area (Å²) in [5, 5.41) is 4.93. The second kappa shape index (κ2) is 11.7. The maximum Gasteiger partial charge on any atom is 0.227 e. The number of pyridine rings is 1. The highest BCUT2D eigenvalue weighted by Crippen LogP contribution is 2.38. The molecule has 4 aromatic heterocycles. The molecule has 248 valence electrons. The Balaban J connectivity index is 1.11. The molecule has 0 unspecified atom stereocenters. The van der Waals surface area contributed by atoms with Crippen molar-refractivity contribution in [3.63, 3.8) is 0 Å². The van der Waals surface area contributed by atoms with Gasteiger partial charge in [-0.25, -0.2) is 4.98 Å². The van der Waals surface area contributed by atoms with Gasteiger partial charge in [-0.2, -0.15) is 0 Å². The molecular weight excluding hydrogens is 649 g/mol. The van der Waals surface area contributed by atoms with Crippen molar-refractivity contribution in [3.8, 4) is 45.1 Å². The fourth-order valence-corrected chi connectivity index (χ4v) is 7.99. The van der Waals surface area contributed by atoms with Gasteiger partial charge in [0, 0.05) is 50.9 Å². The van der Waals surface area contributed by atoms with Crippen molar-refractivity contribution < 1.29 is 4.42 Å². The van der Waals surface area contributed by atoms with Gasteiger partial charge in [-0.3, -0.25) is 4.98 Å². The van der Waals surface area contributed by atoms with Crippen LogP contribution in [0.25, 0.3) is 99.8 Å². The van der Waals surface area contributed by atoms with E-state index in [4.69, 9.17) is 9.40 Å². The Labute approximate surface area is 304 Å². The summed E-state index contributed by atoms with van der Waals surface area (Å²) >= 11 is 0. The topological polar surface area (TPSA) is 48.8 Å². The Bertz CT molecular complexity index is 2930. The average Bonchev–Trinajstić information content (AvgIpc) is 3.91. The van der Waals surface area contributed by atoms with Crippen molar-refractivity contribution in [1.82, 2.24) is 19.1 Å². The highest BCUT2D eigenvalue weighted by Gasteiger charge is 2.18. The van der Waals surface area contributed by atoms with Gasteiger partial charge in [-0.15, -0.1) is 0 Å². The lowest BCUT2D eigenvalue weighted by atomic mass is 10.0. The SMILES string of the molecule is c1cncc(-c2ccc(-c3nc4ccc(-c5cc(-n6c7ccccc7c7ccccc76)cc(-n6c7ccccc7c7ccccc76)c5)cc4o3)cc2)c1. The number of hydrogen-bond acceptors (Lipinski definition) is 3. The molecule has 0 aliphatic heterocycles. The first-order valence-corrected chi connectivity index (χ1v) is 17.8. The molecule has 53 heavy (non-hydrogen) atoms. The molecule has 11 aromatic rings. The van der Waals surface area contributed by atoms with Crippen LogP contribution in [0.4, 0.5) is 0 Å². The molecule has 0 atom stereocenters. The van der Waals surface area contributed by atoms with E-state index in [1.54, 1.807) is 6.20 Å². The zero-order valence-electron chi connectivity index (χ0n) is 28.5. The minimum absolute atomic E-state index is 0.597. The molecule has 0 amide bonds. The molecule has 0 N–H and O–H groups in total. The van der Waals surface area contributed by atoms with E-state index in [1.807, 2.05) is 12.3 Å². The van der Waals surface area contributed by atoms with Gasteiger partial charge in [-0.1, -0.05) is 97.1 Å². The van der Waals surface area contributed by atoms with Crippen molar-refractivity contribution in [2.75, 3.05) is 0 Å². The van der Waals surface area contributed by atoms with Crippen LogP contribution in [0.5, 0.6) is 0 Å². The van der Waals surface area contributed by atoms with Gasteiger partial charge in [0.05, 0.1) is 22.1 Å². The molecule has 5 heteroatoms. The molecule has 0 aliphatic carbocycles. The summed E-state index contributed by atoms with van der Waals surface area (Å²) in [5.41, 5.74) is 13.7. The number of aromatic nitrogens is 4. The van der Waals surface area contributed by atoms with E-state index in [1.165, 1.54) is 43.6 Å². The fraction of sp³-hybridized carbons (Fsp3) is 0. The van der Waals surface area contributed by atoms with Gasteiger partial charge in [0.15, 0.2) is 5.58 Å². The van der Waals surface area contributed by atoms with Crippen molar-refractivity contribution in [1.29, 1.82) is 0 Å². The second-order valence-corrected chi connectivity index (χ2v) is 13.5. The Hall–Kier alpha value is -7.24. The summed E-state index contributed by atoms with van der Waals surface area (Å²) in [5.74, 6) is 0.597. The van der Waals surface area contributed by atoms with Crippen LogP contribution in [-0.4, -0.2) is 19.1 Å². The van der Waals surface area contributed by atoms with Gasteiger partial charge < -0.3 is 13.6 Å². The summed E-state index contributed by atoms with van der Waals surface area (Å²) in [4.78, 5) is 9.15. The van der Waals surface area contributed by atoms with Gasteiger partial charge in [0.1, 0.15) is 5.52 Å². The van der Waals surface area contributed by atoms with E-state index in [0.717, 1.165) is 50.3 Å². The Morgan fingerprint density at radius 1 is 0.396 bits per heavy atom. The molecule has 0 fully saturated rings. The van der Waals surface area contributed by atoms with E-state index in [0.29, 0.717) is 5.89 Å². The molecule has 0 aliphatic rings. The van der Waals surface area contributed by atoms with Crippen LogP contribution in [0.2, 0.25) is 0 Å². The Kier molecular flexibility index (Phi) is 6.48. The smallest absolute Gasteiger partial charge is 0.227 e. The highest BCUT2D eigenvalue weighted by atomic mass is 16.3. The molecule has 0 saturated heterocycles. The lowest BCUT2D eigenvalue weighted by Crippen LogP contribution is -2.00. The zero-order valence-corrected chi connectivity index (χ0v) is 28.5. The van der Waals surface area contributed by atoms with Crippen molar-refractivity contribution >= 4 is 54.7 Å². The molecule has 7 aromatic carbocycles. The van der Waals surface area contributed by atoms with E-state index < -0.39 is 0 Å². The number of oxazole rings is 1. The summed E-state index contributed by atoms with van der Waals surface area (Å²) in [6.07, 6.45) is 3.66. The van der Waals surface area contributed by atoms with Crippen LogP contribution >= 0.6 is 0 Å². The lowest BCUT2D eigenvalue weighted by Gasteiger charge is -2.16. The quantitative estimate of drug-likeness (QED) is 0.182. The third kappa shape index (κ3) is 4.71. The van der Waals surface area contributed by atoms with Gasteiger partial charge >= 0.3 is 0 Å². The van der Waals surface area contributed by atoms with Crippen LogP contribution in [0.15, 0.2) is 187 Å². The highest BCUT2D eigenvalue weighted by molar-refractivity contribution is 6.10. The monoisotopic (exact) mass is 678 g/mol. The molecule has 0 saturated carbocycles. The maximum atomic E-state index is 6.46. The largest absolute Gasteiger partial charge is 0.436 e. The summed E-state index contributed by atoms with van der Waals surface area (Å²) < 4.78 is 11.3. The molecular formula is C48H30N4O. The second-order valence-electron chi connectivity index (χ2n) is 13.5. The Morgan fingerprint density at radius 2 is 0.906 bits per heavy atom. The minimum Gasteiger partial charge on any atom is -0.436 e. The van der Waals surface area contributed by atoms with Gasteiger partial charge in [-0.05, 0) is 95.1 Å². The Morgan fingerprint density at radius 3 is 1.43 bits per heavy atom. The third-order valence-electron chi connectivity index (χ3n) is 10.4. The molecule has 5 nitrogen and oxygen atoms in total. The predicted octanol–water partition coefficient (Wildman–Crippen LogP) is 12.4. The summed E-state index contributed by atoms with van der Waals surface area (Å²) in [6.45, 7) is 0. The van der Waals surface area contributed by atoms with Crippen molar-refractivity contribution in [2.45, 2.75) is 0 Å². The van der Waals surface area contributed by atoms with E-state index in [2.05, 4.69) is 178 Å². The molecule has 0 spiro atoms. The number of para-hydroxylation sites is 4. The maximum absolute atomic E-state index is 6.46. The zero-order chi connectivity index (χ0) is 34.9. The van der Waals surface area contributed by atoms with Crippen molar-refractivity contribution in [2.24, 2.45) is 0 Å². The van der Waals surface area contributed by atoms with E-state index >= 15 is 0 Å². The first-order chi connectivity index (χ1) is 26.3. The average molecular weight is 679 g/mol. The third-order valence-corrected chi connectivity index (χ3v) is 10.4. The van der Waals surface area contributed by atoms with E-state index in [-0.39, 0.29) is 0 Å².